The van der Waals surface area contributed by atoms with Crippen molar-refractivity contribution in [2.45, 2.75) is 51.5 Å². The van der Waals surface area contributed by atoms with Crippen LogP contribution in [0.4, 0.5) is 4.39 Å². The monoisotopic (exact) mass is 351 g/mol. The maximum Gasteiger partial charge on any atom is 0.152 e. The van der Waals surface area contributed by atoms with Gasteiger partial charge in [0.15, 0.2) is 5.15 Å². The summed E-state index contributed by atoms with van der Waals surface area (Å²) in [4.78, 5) is 18.7. The van der Waals surface area contributed by atoms with E-state index in [2.05, 4.69) is 9.97 Å². The summed E-state index contributed by atoms with van der Waals surface area (Å²) in [6.45, 7) is 1.89. The number of nitrogens with one attached hydrogen (secondary N) is 1. The van der Waals surface area contributed by atoms with Crippen LogP contribution in [0, 0.1) is 5.82 Å². The minimum absolute atomic E-state index is 0.235. The van der Waals surface area contributed by atoms with Gasteiger partial charge in [-0.1, -0.05) is 31.4 Å². The number of H-pyrrole nitrogens is 1. The summed E-state index contributed by atoms with van der Waals surface area (Å²) in [5, 5.41) is 0.350. The van der Waals surface area contributed by atoms with E-state index in [4.69, 9.17) is 17.3 Å². The Morgan fingerprint density at radius 1 is 1.29 bits per heavy atom. The molecule has 0 bridgehead atoms. The van der Waals surface area contributed by atoms with E-state index < -0.39 is 0 Å². The van der Waals surface area contributed by atoms with Gasteiger partial charge in [-0.25, -0.2) is 9.37 Å². The minimum Gasteiger partial charge on any atom is -0.339 e. The van der Waals surface area contributed by atoms with Crippen molar-refractivity contribution in [3.63, 3.8) is 0 Å². The van der Waals surface area contributed by atoms with Gasteiger partial charge in [-0.15, -0.1) is 0 Å². The molecule has 2 aromatic rings. The third kappa shape index (κ3) is 5.14. The van der Waals surface area contributed by atoms with E-state index in [1.165, 1.54) is 12.1 Å². The molecule has 0 amide bonds. The second kappa shape index (κ2) is 8.94. The summed E-state index contributed by atoms with van der Waals surface area (Å²) in [6.07, 6.45) is 4.82. The van der Waals surface area contributed by atoms with Crippen LogP contribution in [0.1, 0.15) is 57.2 Å². The Kier molecular flexibility index (Phi) is 6.94. The Labute approximate surface area is 146 Å². The summed E-state index contributed by atoms with van der Waals surface area (Å²) in [5.74, 6) is 0.591. The molecule has 0 saturated heterocycles. The van der Waals surface area contributed by atoms with Crippen molar-refractivity contribution >= 4 is 17.4 Å². The highest BCUT2D eigenvalue weighted by molar-refractivity contribution is 6.30. The summed E-state index contributed by atoms with van der Waals surface area (Å²) in [5.41, 5.74) is 7.65. The average Bonchev–Trinajstić information content (AvgIpc) is 2.96. The Hall–Kier alpha value is -1.72. The number of ketones is 1. The molecule has 0 saturated carbocycles. The fourth-order valence-electron chi connectivity index (χ4n) is 2.54. The Morgan fingerprint density at radius 2 is 2.00 bits per heavy atom. The van der Waals surface area contributed by atoms with E-state index in [1.807, 2.05) is 6.92 Å². The molecule has 0 radical (unpaired) electrons. The number of hydrogen-bond donors (Lipinski definition) is 2. The van der Waals surface area contributed by atoms with Crippen LogP contribution in [0.3, 0.4) is 0 Å². The number of benzene rings is 1. The van der Waals surface area contributed by atoms with Crippen LogP contribution in [0.25, 0.3) is 11.4 Å². The summed E-state index contributed by atoms with van der Waals surface area (Å²) < 4.78 is 13.0. The molecule has 3 N–H and O–H groups in total. The first-order valence-electron chi connectivity index (χ1n) is 8.30. The second-order valence-corrected chi connectivity index (χ2v) is 6.25. The fraction of sp³-hybridized carbons (Fsp3) is 0.444. The largest absolute Gasteiger partial charge is 0.339 e. The van der Waals surface area contributed by atoms with Crippen molar-refractivity contribution in [1.82, 2.24) is 9.97 Å². The molecule has 6 heteroatoms. The highest BCUT2D eigenvalue weighted by Gasteiger charge is 2.16. The number of aromatic nitrogens is 2. The summed E-state index contributed by atoms with van der Waals surface area (Å²) in [7, 11) is 0. The van der Waals surface area contributed by atoms with Gasteiger partial charge < -0.3 is 10.7 Å². The fourth-order valence-corrected chi connectivity index (χ4v) is 2.81. The predicted octanol–water partition coefficient (Wildman–Crippen LogP) is 4.80. The van der Waals surface area contributed by atoms with Crippen molar-refractivity contribution in [3.05, 3.63) is 40.9 Å². The molecule has 2 rings (SSSR count). The van der Waals surface area contributed by atoms with Gasteiger partial charge in [-0.3, -0.25) is 4.79 Å². The number of unbranched alkanes of at least 4 members (excludes halogenated alkanes) is 2. The van der Waals surface area contributed by atoms with Crippen molar-refractivity contribution in [2.24, 2.45) is 5.73 Å². The van der Waals surface area contributed by atoms with Gasteiger partial charge in [0.2, 0.25) is 0 Å². The van der Waals surface area contributed by atoms with Gasteiger partial charge in [-0.05, 0) is 37.1 Å². The van der Waals surface area contributed by atoms with Gasteiger partial charge in [0.1, 0.15) is 17.4 Å². The lowest BCUT2D eigenvalue weighted by Crippen LogP contribution is -2.11. The zero-order valence-corrected chi connectivity index (χ0v) is 14.6. The number of Topliss-reactive ketones (excluding diaryl/α,β-unsaturated/α-hetero) is 1. The number of rotatable bonds is 9. The van der Waals surface area contributed by atoms with E-state index in [0.29, 0.717) is 35.3 Å². The zero-order chi connectivity index (χ0) is 17.5. The Morgan fingerprint density at radius 3 is 2.67 bits per heavy atom. The Balaban J connectivity index is 1.89. The normalized spacial score (nSPS) is 12.3. The van der Waals surface area contributed by atoms with Gasteiger partial charge in [0.25, 0.3) is 0 Å². The molecule has 4 nitrogen and oxygen atoms in total. The lowest BCUT2D eigenvalue weighted by molar-refractivity contribution is -0.118. The number of halogens is 2. The first kappa shape index (κ1) is 18.6. The van der Waals surface area contributed by atoms with E-state index in [9.17, 15) is 9.18 Å². The lowest BCUT2D eigenvalue weighted by Gasteiger charge is -2.09. The molecular weight excluding hydrogens is 329 g/mol. The molecule has 0 fully saturated rings. The van der Waals surface area contributed by atoms with Crippen LogP contribution in [-0.2, 0) is 4.79 Å². The molecular formula is C18H23ClFN3O. The topological polar surface area (TPSA) is 71.8 Å². The third-order valence-corrected chi connectivity index (χ3v) is 4.33. The smallest absolute Gasteiger partial charge is 0.152 e. The van der Waals surface area contributed by atoms with E-state index in [1.54, 1.807) is 12.1 Å². The van der Waals surface area contributed by atoms with Crippen LogP contribution in [0.2, 0.25) is 5.15 Å². The number of carbonyl (C=O) groups excluding carboxylic acids is 1. The van der Waals surface area contributed by atoms with Crippen LogP contribution < -0.4 is 5.73 Å². The van der Waals surface area contributed by atoms with Crippen molar-refractivity contribution < 1.29 is 9.18 Å². The quantitative estimate of drug-likeness (QED) is 0.637. The van der Waals surface area contributed by atoms with E-state index in [0.717, 1.165) is 31.2 Å². The number of nitrogens with zero attached hydrogens (tertiary/aromatic N) is 1. The number of nitrogens with two attached hydrogens (primary N) is 1. The first-order valence-corrected chi connectivity index (χ1v) is 8.67. The van der Waals surface area contributed by atoms with Crippen LogP contribution in [0.15, 0.2) is 24.3 Å². The number of imidazole rings is 1. The zero-order valence-electron chi connectivity index (χ0n) is 13.8. The van der Waals surface area contributed by atoms with E-state index in [-0.39, 0.29) is 11.9 Å². The lowest BCUT2D eigenvalue weighted by atomic mass is 10.0. The molecule has 0 aliphatic heterocycles. The van der Waals surface area contributed by atoms with Crippen molar-refractivity contribution in [2.75, 3.05) is 0 Å². The predicted molar refractivity (Wildman–Crippen MR) is 94.3 cm³/mol. The molecule has 0 spiro atoms. The number of aromatic amines is 1. The number of hydrogen-bond acceptors (Lipinski definition) is 3. The van der Waals surface area contributed by atoms with Crippen LogP contribution >= 0.6 is 11.6 Å². The van der Waals surface area contributed by atoms with Crippen molar-refractivity contribution in [3.8, 4) is 11.4 Å². The maximum absolute atomic E-state index is 13.0. The van der Waals surface area contributed by atoms with Crippen LogP contribution in [0.5, 0.6) is 0 Å². The third-order valence-electron chi connectivity index (χ3n) is 4.04. The molecule has 1 aromatic carbocycles. The molecule has 0 aliphatic rings. The standard InChI is InChI=1S/C18H23ClFN3O/c1-2-14(24)6-4-3-5-7-15(21)16-17(19)23-18(22-16)12-8-10-13(20)11-9-12/h8-11,15H,2-7,21H2,1H3,(H,22,23)/t15-/m0/s1. The highest BCUT2D eigenvalue weighted by atomic mass is 35.5. The number of carbonyl (C=O) groups is 1. The van der Waals surface area contributed by atoms with Gasteiger partial charge in [0.05, 0.1) is 5.69 Å². The average molecular weight is 352 g/mol. The van der Waals surface area contributed by atoms with E-state index >= 15 is 0 Å². The van der Waals surface area contributed by atoms with Gasteiger partial charge in [-0.2, -0.15) is 0 Å². The second-order valence-electron chi connectivity index (χ2n) is 5.89. The maximum atomic E-state index is 13.0. The van der Waals surface area contributed by atoms with Gasteiger partial charge >= 0.3 is 0 Å². The highest BCUT2D eigenvalue weighted by Crippen LogP contribution is 2.27. The Bertz CT molecular complexity index is 669. The first-order chi connectivity index (χ1) is 11.5. The minimum atomic E-state index is -0.296. The molecule has 24 heavy (non-hydrogen) atoms. The van der Waals surface area contributed by atoms with Crippen molar-refractivity contribution in [1.29, 1.82) is 0 Å². The van der Waals surface area contributed by atoms with Crippen LogP contribution in [-0.4, -0.2) is 15.8 Å². The molecule has 1 aromatic heterocycles. The summed E-state index contributed by atoms with van der Waals surface area (Å²) >= 11 is 6.18. The molecule has 0 unspecified atom stereocenters. The SMILES string of the molecule is CCC(=O)CCCCC[C@H](N)c1[nH]c(-c2ccc(F)cc2)nc1Cl. The van der Waals surface area contributed by atoms with Gasteiger partial charge in [0, 0.05) is 24.4 Å². The molecule has 130 valence electrons. The molecule has 1 atom stereocenters. The summed E-state index contributed by atoms with van der Waals surface area (Å²) in [6, 6.07) is 5.81. The molecule has 1 heterocycles. The molecule has 0 aliphatic carbocycles.